The number of aromatic nitrogens is 7. The van der Waals surface area contributed by atoms with Gasteiger partial charge in [0.05, 0.1) is 12.2 Å². The lowest BCUT2D eigenvalue weighted by Crippen LogP contribution is -2.33. The van der Waals surface area contributed by atoms with Gasteiger partial charge >= 0.3 is 0 Å². The van der Waals surface area contributed by atoms with Crippen molar-refractivity contribution in [1.29, 1.82) is 0 Å². The summed E-state index contributed by atoms with van der Waals surface area (Å²) in [6.07, 6.45) is 8.19. The molecule has 1 saturated heterocycles. The molecule has 4 heterocycles. The first-order valence-electron chi connectivity index (χ1n) is 9.58. The predicted molar refractivity (Wildman–Crippen MR) is 102 cm³/mol. The van der Waals surface area contributed by atoms with Crippen molar-refractivity contribution < 1.29 is 0 Å². The van der Waals surface area contributed by atoms with Crippen molar-refractivity contribution in [2.24, 2.45) is 14.1 Å². The van der Waals surface area contributed by atoms with Gasteiger partial charge in [0.15, 0.2) is 5.82 Å². The van der Waals surface area contributed by atoms with E-state index in [4.69, 9.17) is 0 Å². The van der Waals surface area contributed by atoms with E-state index >= 15 is 0 Å². The Kier molecular flexibility index (Phi) is 4.82. The largest absolute Gasteiger partial charge is 0.328 e. The van der Waals surface area contributed by atoms with Crippen molar-refractivity contribution in [3.63, 3.8) is 0 Å². The van der Waals surface area contributed by atoms with Crippen LogP contribution in [0, 0.1) is 13.8 Å². The van der Waals surface area contributed by atoms with Crippen LogP contribution in [0.1, 0.15) is 47.5 Å². The third kappa shape index (κ3) is 3.66. The number of aryl methyl sites for hydroxylation is 3. The third-order valence-corrected chi connectivity index (χ3v) is 5.70. The second-order valence-electron chi connectivity index (χ2n) is 7.60. The highest BCUT2D eigenvalue weighted by atomic mass is 15.3. The lowest BCUT2D eigenvalue weighted by molar-refractivity contribution is 0.200. The smallest absolute Gasteiger partial charge is 0.152 e. The van der Waals surface area contributed by atoms with E-state index in [0.29, 0.717) is 12.5 Å². The molecule has 0 unspecified atom stereocenters. The van der Waals surface area contributed by atoms with E-state index in [2.05, 4.69) is 54.5 Å². The van der Waals surface area contributed by atoms with Crippen LogP contribution >= 0.6 is 0 Å². The first-order chi connectivity index (χ1) is 13.0. The minimum atomic E-state index is 0.478. The molecular formula is C19H28N8. The minimum Gasteiger partial charge on any atom is -0.328 e. The number of imidazole rings is 1. The molecule has 0 N–H and O–H groups in total. The number of hydrogen-bond donors (Lipinski definition) is 0. The summed E-state index contributed by atoms with van der Waals surface area (Å²) < 4.78 is 6.18. The molecule has 0 bridgehead atoms. The topological polar surface area (TPSA) is 69.6 Å². The first kappa shape index (κ1) is 17.9. The zero-order valence-corrected chi connectivity index (χ0v) is 16.6. The van der Waals surface area contributed by atoms with Gasteiger partial charge in [0, 0.05) is 50.7 Å². The molecule has 0 radical (unpaired) electrons. The Morgan fingerprint density at radius 3 is 2.48 bits per heavy atom. The van der Waals surface area contributed by atoms with Crippen molar-refractivity contribution in [3.8, 4) is 0 Å². The Morgan fingerprint density at radius 2 is 1.85 bits per heavy atom. The number of hydrogen-bond acceptors (Lipinski definition) is 5. The molecule has 0 spiro atoms. The number of likely N-dealkylation sites (tertiary alicyclic amines) is 1. The monoisotopic (exact) mass is 368 g/mol. The zero-order valence-electron chi connectivity index (χ0n) is 16.6. The molecule has 0 atom stereocenters. The molecule has 8 heteroatoms. The van der Waals surface area contributed by atoms with Crippen molar-refractivity contribution >= 4 is 0 Å². The minimum absolute atomic E-state index is 0.478. The fourth-order valence-electron chi connectivity index (χ4n) is 3.99. The fourth-order valence-corrected chi connectivity index (χ4v) is 3.99. The number of rotatable bonds is 5. The Labute approximate surface area is 159 Å². The summed E-state index contributed by atoms with van der Waals surface area (Å²) in [5.74, 6) is 3.57. The average Bonchev–Trinajstić information content (AvgIpc) is 3.30. The standard InChI is InChI=1S/C19H28N8/c1-14-17(11-24(3)23-14)12-26-8-5-16(6-9-26)19-22-21-18(25(19)4)13-27-10-7-20-15(27)2/h7,10-11,16H,5-6,8-9,12-13H2,1-4H3. The van der Waals surface area contributed by atoms with Crippen LogP contribution in [-0.2, 0) is 27.2 Å². The van der Waals surface area contributed by atoms with Gasteiger partial charge in [-0.15, -0.1) is 10.2 Å². The van der Waals surface area contributed by atoms with E-state index in [9.17, 15) is 0 Å². The number of piperidine rings is 1. The molecule has 1 aliphatic heterocycles. The predicted octanol–water partition coefficient (Wildman–Crippen LogP) is 1.79. The Balaban J connectivity index is 1.38. The van der Waals surface area contributed by atoms with Crippen LogP contribution in [0.15, 0.2) is 18.6 Å². The highest BCUT2D eigenvalue weighted by Gasteiger charge is 2.25. The van der Waals surface area contributed by atoms with Crippen LogP contribution < -0.4 is 0 Å². The van der Waals surface area contributed by atoms with Crippen LogP contribution in [0.3, 0.4) is 0 Å². The van der Waals surface area contributed by atoms with Gasteiger partial charge < -0.3 is 9.13 Å². The first-order valence-corrected chi connectivity index (χ1v) is 9.58. The summed E-state index contributed by atoms with van der Waals surface area (Å²) in [6, 6.07) is 0. The molecule has 8 nitrogen and oxygen atoms in total. The van der Waals surface area contributed by atoms with Gasteiger partial charge in [-0.05, 0) is 39.8 Å². The second-order valence-corrected chi connectivity index (χ2v) is 7.60. The van der Waals surface area contributed by atoms with Crippen LogP contribution in [0.5, 0.6) is 0 Å². The molecule has 3 aromatic rings. The van der Waals surface area contributed by atoms with E-state index in [0.717, 1.165) is 55.6 Å². The van der Waals surface area contributed by atoms with E-state index in [1.165, 1.54) is 5.56 Å². The van der Waals surface area contributed by atoms with Gasteiger partial charge in [0.2, 0.25) is 0 Å². The van der Waals surface area contributed by atoms with Crippen molar-refractivity contribution in [2.75, 3.05) is 13.1 Å². The van der Waals surface area contributed by atoms with Gasteiger partial charge in [-0.25, -0.2) is 4.98 Å². The molecule has 0 saturated carbocycles. The van der Waals surface area contributed by atoms with Crippen molar-refractivity contribution in [3.05, 3.63) is 47.3 Å². The molecule has 0 aromatic carbocycles. The van der Waals surface area contributed by atoms with E-state index in [-0.39, 0.29) is 0 Å². The molecule has 4 rings (SSSR count). The van der Waals surface area contributed by atoms with Gasteiger partial charge in [-0.2, -0.15) is 5.10 Å². The Bertz CT molecular complexity index is 910. The molecule has 1 fully saturated rings. The van der Waals surface area contributed by atoms with Crippen LogP contribution in [-0.4, -0.2) is 52.1 Å². The van der Waals surface area contributed by atoms with Gasteiger partial charge in [-0.3, -0.25) is 9.58 Å². The van der Waals surface area contributed by atoms with Gasteiger partial charge in [0.25, 0.3) is 0 Å². The summed E-state index contributed by atoms with van der Waals surface area (Å²) in [5, 5.41) is 13.4. The van der Waals surface area contributed by atoms with E-state index < -0.39 is 0 Å². The Hall–Kier alpha value is -2.48. The van der Waals surface area contributed by atoms with Crippen molar-refractivity contribution in [2.45, 2.75) is 45.7 Å². The van der Waals surface area contributed by atoms with Gasteiger partial charge in [0.1, 0.15) is 11.6 Å². The molecule has 27 heavy (non-hydrogen) atoms. The second kappa shape index (κ2) is 7.26. The maximum atomic E-state index is 4.52. The summed E-state index contributed by atoms with van der Waals surface area (Å²) in [5.41, 5.74) is 2.46. The average molecular weight is 368 g/mol. The van der Waals surface area contributed by atoms with Gasteiger partial charge in [-0.1, -0.05) is 0 Å². The molecule has 144 valence electrons. The summed E-state index contributed by atoms with van der Waals surface area (Å²) in [4.78, 5) is 6.80. The summed E-state index contributed by atoms with van der Waals surface area (Å²) in [7, 11) is 4.07. The molecule has 1 aliphatic rings. The summed E-state index contributed by atoms with van der Waals surface area (Å²) >= 11 is 0. The van der Waals surface area contributed by atoms with Crippen LogP contribution in [0.2, 0.25) is 0 Å². The molecule has 0 amide bonds. The van der Waals surface area contributed by atoms with Crippen LogP contribution in [0.4, 0.5) is 0 Å². The normalized spacial score (nSPS) is 16.3. The highest BCUT2D eigenvalue weighted by Crippen LogP contribution is 2.28. The maximum absolute atomic E-state index is 4.52. The third-order valence-electron chi connectivity index (χ3n) is 5.70. The maximum Gasteiger partial charge on any atom is 0.152 e. The molecular weight excluding hydrogens is 340 g/mol. The van der Waals surface area contributed by atoms with E-state index in [1.807, 2.05) is 31.0 Å². The summed E-state index contributed by atoms with van der Waals surface area (Å²) in [6.45, 7) is 7.97. The van der Waals surface area contributed by atoms with Crippen molar-refractivity contribution in [1.82, 2.24) is 39.0 Å². The Morgan fingerprint density at radius 1 is 1.07 bits per heavy atom. The lowest BCUT2D eigenvalue weighted by atomic mass is 9.95. The number of nitrogens with zero attached hydrogens (tertiary/aromatic N) is 8. The quantitative estimate of drug-likeness (QED) is 0.687. The SMILES string of the molecule is Cc1nn(C)cc1CN1CCC(c2nnc(Cn3ccnc3C)n2C)CC1. The zero-order chi connectivity index (χ0) is 19.0. The highest BCUT2D eigenvalue weighted by molar-refractivity contribution is 5.15. The van der Waals surface area contributed by atoms with Crippen LogP contribution in [0.25, 0.3) is 0 Å². The molecule has 3 aromatic heterocycles. The lowest BCUT2D eigenvalue weighted by Gasteiger charge is -2.31. The fraction of sp³-hybridized carbons (Fsp3) is 0.579. The molecule has 0 aliphatic carbocycles. The van der Waals surface area contributed by atoms with E-state index in [1.54, 1.807) is 0 Å².